The SMILES string of the molecule is CC(C)(C)C[C@@H](NC=O)C(=O)O. The van der Waals surface area contributed by atoms with Crippen molar-refractivity contribution in [1.29, 1.82) is 0 Å². The molecule has 0 aromatic rings. The molecular formula is C8H15NO3. The molecule has 0 spiro atoms. The van der Waals surface area contributed by atoms with Crippen molar-refractivity contribution in [3.63, 3.8) is 0 Å². The van der Waals surface area contributed by atoms with E-state index in [2.05, 4.69) is 5.32 Å². The van der Waals surface area contributed by atoms with Crippen molar-refractivity contribution >= 4 is 12.4 Å². The number of nitrogens with one attached hydrogen (secondary N) is 1. The predicted octanol–water partition coefficient (Wildman–Crippen LogP) is 0.622. The van der Waals surface area contributed by atoms with Crippen LogP contribution < -0.4 is 5.32 Å². The Morgan fingerprint density at radius 2 is 2.08 bits per heavy atom. The van der Waals surface area contributed by atoms with Crippen LogP contribution in [0.15, 0.2) is 0 Å². The molecule has 70 valence electrons. The molecule has 0 heterocycles. The lowest BCUT2D eigenvalue weighted by atomic mass is 9.88. The van der Waals surface area contributed by atoms with E-state index in [-0.39, 0.29) is 5.41 Å². The molecule has 0 fully saturated rings. The molecule has 0 bridgehead atoms. The maximum Gasteiger partial charge on any atom is 0.326 e. The largest absolute Gasteiger partial charge is 0.480 e. The van der Waals surface area contributed by atoms with Crippen molar-refractivity contribution < 1.29 is 14.7 Å². The highest BCUT2D eigenvalue weighted by Gasteiger charge is 2.23. The molecule has 0 saturated heterocycles. The molecule has 2 N–H and O–H groups in total. The van der Waals surface area contributed by atoms with Gasteiger partial charge in [0.2, 0.25) is 6.41 Å². The molecule has 1 amide bonds. The van der Waals surface area contributed by atoms with E-state index in [1.165, 1.54) is 0 Å². The number of carboxylic acid groups (broad SMARTS) is 1. The number of rotatable bonds is 4. The van der Waals surface area contributed by atoms with Crippen LogP contribution in [0.5, 0.6) is 0 Å². The Kier molecular flexibility index (Phi) is 3.73. The van der Waals surface area contributed by atoms with Gasteiger partial charge in [-0.2, -0.15) is 0 Å². The molecule has 12 heavy (non-hydrogen) atoms. The second-order valence-electron chi connectivity index (χ2n) is 3.94. The lowest BCUT2D eigenvalue weighted by molar-refractivity contribution is -0.141. The minimum atomic E-state index is -0.989. The fourth-order valence-corrected chi connectivity index (χ4v) is 0.912. The summed E-state index contributed by atoms with van der Waals surface area (Å²) in [5.41, 5.74) is -0.0981. The maximum atomic E-state index is 10.5. The Hall–Kier alpha value is -1.06. The summed E-state index contributed by atoms with van der Waals surface area (Å²) in [6.45, 7) is 5.78. The van der Waals surface area contributed by atoms with Crippen molar-refractivity contribution in [1.82, 2.24) is 5.32 Å². The lowest BCUT2D eigenvalue weighted by Crippen LogP contribution is -2.38. The minimum Gasteiger partial charge on any atom is -0.480 e. The van der Waals surface area contributed by atoms with Gasteiger partial charge < -0.3 is 10.4 Å². The van der Waals surface area contributed by atoms with Crippen molar-refractivity contribution in [2.75, 3.05) is 0 Å². The molecule has 4 nitrogen and oxygen atoms in total. The first kappa shape index (κ1) is 10.9. The zero-order valence-electron chi connectivity index (χ0n) is 7.63. The highest BCUT2D eigenvalue weighted by Crippen LogP contribution is 2.20. The Bertz CT molecular complexity index is 172. The molecule has 0 aromatic heterocycles. The summed E-state index contributed by atoms with van der Waals surface area (Å²) in [7, 11) is 0. The van der Waals surface area contributed by atoms with Crippen LogP contribution in [0.25, 0.3) is 0 Å². The average molecular weight is 173 g/mol. The van der Waals surface area contributed by atoms with Crippen molar-refractivity contribution in [3.8, 4) is 0 Å². The van der Waals surface area contributed by atoms with Crippen LogP contribution >= 0.6 is 0 Å². The number of hydrogen-bond acceptors (Lipinski definition) is 2. The number of aliphatic carboxylic acids is 1. The van der Waals surface area contributed by atoms with Crippen molar-refractivity contribution in [2.24, 2.45) is 5.41 Å². The Morgan fingerprint density at radius 1 is 1.58 bits per heavy atom. The molecule has 0 unspecified atom stereocenters. The van der Waals surface area contributed by atoms with E-state index in [4.69, 9.17) is 5.11 Å². The third kappa shape index (κ3) is 4.71. The summed E-state index contributed by atoms with van der Waals surface area (Å²) in [4.78, 5) is 20.6. The summed E-state index contributed by atoms with van der Waals surface area (Å²) < 4.78 is 0. The molecule has 4 heteroatoms. The van der Waals surface area contributed by atoms with Crippen molar-refractivity contribution in [2.45, 2.75) is 33.2 Å². The molecule has 0 aliphatic carbocycles. The van der Waals surface area contributed by atoms with Gasteiger partial charge in [0.25, 0.3) is 0 Å². The summed E-state index contributed by atoms with van der Waals surface area (Å²) >= 11 is 0. The Labute approximate surface area is 72.0 Å². The second-order valence-corrected chi connectivity index (χ2v) is 3.94. The van der Waals surface area contributed by atoms with Crippen LogP contribution in [0.1, 0.15) is 27.2 Å². The first-order valence-corrected chi connectivity index (χ1v) is 3.79. The topological polar surface area (TPSA) is 66.4 Å². The summed E-state index contributed by atoms with van der Waals surface area (Å²) in [5.74, 6) is -0.989. The van der Waals surface area contributed by atoms with E-state index in [0.717, 1.165) is 0 Å². The first-order valence-electron chi connectivity index (χ1n) is 3.79. The van der Waals surface area contributed by atoms with Gasteiger partial charge in [-0.3, -0.25) is 4.79 Å². The first-order chi connectivity index (χ1) is 5.37. The zero-order chi connectivity index (χ0) is 9.78. The van der Waals surface area contributed by atoms with Crippen LogP contribution in [-0.2, 0) is 9.59 Å². The maximum absolute atomic E-state index is 10.5. The number of amides is 1. The smallest absolute Gasteiger partial charge is 0.326 e. The van der Waals surface area contributed by atoms with Crippen LogP contribution in [0.4, 0.5) is 0 Å². The molecule has 0 aliphatic rings. The quantitative estimate of drug-likeness (QED) is 0.612. The molecular weight excluding hydrogens is 158 g/mol. The number of carbonyl (C=O) groups excluding carboxylic acids is 1. The number of carbonyl (C=O) groups is 2. The van der Waals surface area contributed by atoms with Gasteiger partial charge in [0.15, 0.2) is 0 Å². The van der Waals surface area contributed by atoms with E-state index in [1.54, 1.807) is 0 Å². The summed E-state index contributed by atoms with van der Waals surface area (Å²) in [6, 6.07) is -0.775. The van der Waals surface area contributed by atoms with Gasteiger partial charge in [-0.1, -0.05) is 20.8 Å². The van der Waals surface area contributed by atoms with Crippen LogP contribution in [0, 0.1) is 5.41 Å². The fourth-order valence-electron chi connectivity index (χ4n) is 0.912. The van der Waals surface area contributed by atoms with Crippen LogP contribution in [0.3, 0.4) is 0 Å². The normalized spacial score (nSPS) is 13.6. The zero-order valence-corrected chi connectivity index (χ0v) is 7.63. The van der Waals surface area contributed by atoms with Gasteiger partial charge in [0.05, 0.1) is 0 Å². The second kappa shape index (κ2) is 4.09. The highest BCUT2D eigenvalue weighted by molar-refractivity contribution is 5.76. The lowest BCUT2D eigenvalue weighted by Gasteiger charge is -2.22. The van der Waals surface area contributed by atoms with E-state index in [1.807, 2.05) is 20.8 Å². The van der Waals surface area contributed by atoms with Crippen molar-refractivity contribution in [3.05, 3.63) is 0 Å². The average Bonchev–Trinajstić information content (AvgIpc) is 1.83. The van der Waals surface area contributed by atoms with Gasteiger partial charge in [0.1, 0.15) is 6.04 Å². The van der Waals surface area contributed by atoms with Crippen LogP contribution in [-0.4, -0.2) is 23.5 Å². The van der Waals surface area contributed by atoms with Gasteiger partial charge in [-0.25, -0.2) is 4.79 Å². The highest BCUT2D eigenvalue weighted by atomic mass is 16.4. The Balaban J connectivity index is 4.13. The molecule has 0 rings (SSSR count). The van der Waals surface area contributed by atoms with Crippen LogP contribution in [0.2, 0.25) is 0 Å². The van der Waals surface area contributed by atoms with E-state index in [0.29, 0.717) is 12.8 Å². The van der Waals surface area contributed by atoms with E-state index >= 15 is 0 Å². The molecule has 0 aromatic carbocycles. The molecule has 0 radical (unpaired) electrons. The number of hydrogen-bond donors (Lipinski definition) is 2. The third-order valence-electron chi connectivity index (χ3n) is 1.38. The predicted molar refractivity (Wildman–Crippen MR) is 44.7 cm³/mol. The Morgan fingerprint density at radius 3 is 2.33 bits per heavy atom. The van der Waals surface area contributed by atoms with E-state index < -0.39 is 12.0 Å². The van der Waals surface area contributed by atoms with Gasteiger partial charge in [-0.05, 0) is 11.8 Å². The standard InChI is InChI=1S/C8H15NO3/c1-8(2,3)4-6(7(11)12)9-5-10/h5-6H,4H2,1-3H3,(H,9,10)(H,11,12)/t6-/m1/s1. The van der Waals surface area contributed by atoms with E-state index in [9.17, 15) is 9.59 Å². The number of carboxylic acids is 1. The fraction of sp³-hybridized carbons (Fsp3) is 0.750. The summed E-state index contributed by atoms with van der Waals surface area (Å²) in [5, 5.41) is 10.9. The monoisotopic (exact) mass is 173 g/mol. The van der Waals surface area contributed by atoms with Gasteiger partial charge >= 0.3 is 5.97 Å². The molecule has 1 atom stereocenters. The molecule has 0 saturated carbocycles. The molecule has 0 aliphatic heterocycles. The summed E-state index contributed by atoms with van der Waals surface area (Å²) in [6.07, 6.45) is 0.853. The van der Waals surface area contributed by atoms with Gasteiger partial charge in [-0.15, -0.1) is 0 Å². The minimum absolute atomic E-state index is 0.0981. The van der Waals surface area contributed by atoms with Gasteiger partial charge in [0, 0.05) is 0 Å². The third-order valence-corrected chi connectivity index (χ3v) is 1.38.